The summed E-state index contributed by atoms with van der Waals surface area (Å²) in [6, 6.07) is 11.1. The molecule has 3 rings (SSSR count). The van der Waals surface area contributed by atoms with E-state index < -0.39 is 0 Å². The van der Waals surface area contributed by atoms with Gasteiger partial charge in [0.2, 0.25) is 0 Å². The van der Waals surface area contributed by atoms with E-state index >= 15 is 0 Å². The molecule has 0 amide bonds. The fourth-order valence-electron chi connectivity index (χ4n) is 2.79. The molecule has 0 fully saturated rings. The normalized spacial score (nSPS) is 13.4. The van der Waals surface area contributed by atoms with Gasteiger partial charge in [-0.05, 0) is 72.7 Å². The zero-order chi connectivity index (χ0) is 13.6. The van der Waals surface area contributed by atoms with E-state index in [0.29, 0.717) is 0 Å². The van der Waals surface area contributed by atoms with Gasteiger partial charge in [0.15, 0.2) is 0 Å². The minimum Gasteiger partial charge on any atom is -0.0683 e. The summed E-state index contributed by atoms with van der Waals surface area (Å²) in [5.74, 6) is 0. The molecule has 0 saturated carbocycles. The standard InChI is InChI=1S/C18H17Br/c1-11-7-14-9-17(18(19)10-15(14)8-11)16-6-4-5-12(2)13(16)3/h4-6,8-10H,7H2,1-3H3. The predicted octanol–water partition coefficient (Wildman–Crippen LogP) is 5.69. The van der Waals surface area contributed by atoms with Gasteiger partial charge in [0, 0.05) is 4.47 Å². The molecule has 19 heavy (non-hydrogen) atoms. The molecule has 0 aromatic heterocycles. The van der Waals surface area contributed by atoms with Crippen LogP contribution in [0.15, 0.2) is 40.4 Å². The molecule has 96 valence electrons. The molecule has 0 saturated heterocycles. The first-order valence-electron chi connectivity index (χ1n) is 6.62. The molecule has 1 aliphatic rings. The average molecular weight is 313 g/mol. The molecular formula is C18H17Br. The second kappa shape index (κ2) is 4.64. The van der Waals surface area contributed by atoms with Gasteiger partial charge in [-0.15, -0.1) is 0 Å². The van der Waals surface area contributed by atoms with E-state index in [1.807, 2.05) is 0 Å². The summed E-state index contributed by atoms with van der Waals surface area (Å²) in [7, 11) is 0. The molecule has 0 atom stereocenters. The van der Waals surface area contributed by atoms with Crippen molar-refractivity contribution in [3.05, 3.63) is 62.6 Å². The summed E-state index contributed by atoms with van der Waals surface area (Å²) in [5.41, 5.74) is 9.60. The zero-order valence-electron chi connectivity index (χ0n) is 11.5. The van der Waals surface area contributed by atoms with Crippen molar-refractivity contribution in [1.29, 1.82) is 0 Å². The number of hydrogen-bond donors (Lipinski definition) is 0. The molecule has 0 N–H and O–H groups in total. The van der Waals surface area contributed by atoms with Crippen LogP contribution in [-0.2, 0) is 6.42 Å². The molecule has 0 heterocycles. The van der Waals surface area contributed by atoms with Crippen LogP contribution in [0.2, 0.25) is 0 Å². The van der Waals surface area contributed by atoms with Crippen LogP contribution in [0.4, 0.5) is 0 Å². The third-order valence-electron chi connectivity index (χ3n) is 3.99. The Labute approximate surface area is 123 Å². The van der Waals surface area contributed by atoms with Crippen LogP contribution in [0.3, 0.4) is 0 Å². The highest BCUT2D eigenvalue weighted by atomic mass is 79.9. The number of fused-ring (bicyclic) bond motifs is 1. The van der Waals surface area contributed by atoms with E-state index in [0.717, 1.165) is 6.42 Å². The van der Waals surface area contributed by atoms with Crippen LogP contribution in [0, 0.1) is 13.8 Å². The fraction of sp³-hybridized carbons (Fsp3) is 0.222. The van der Waals surface area contributed by atoms with E-state index in [-0.39, 0.29) is 0 Å². The summed E-state index contributed by atoms with van der Waals surface area (Å²) in [6.07, 6.45) is 3.37. The number of benzene rings is 2. The summed E-state index contributed by atoms with van der Waals surface area (Å²) < 4.78 is 1.19. The average Bonchev–Trinajstić information content (AvgIpc) is 2.71. The van der Waals surface area contributed by atoms with Gasteiger partial charge in [-0.25, -0.2) is 0 Å². The van der Waals surface area contributed by atoms with E-state index in [1.165, 1.54) is 43.4 Å². The van der Waals surface area contributed by atoms with Gasteiger partial charge in [-0.1, -0.05) is 45.8 Å². The van der Waals surface area contributed by atoms with Gasteiger partial charge in [0.05, 0.1) is 0 Å². The lowest BCUT2D eigenvalue weighted by molar-refractivity contribution is 1.19. The Morgan fingerprint density at radius 1 is 1.00 bits per heavy atom. The van der Waals surface area contributed by atoms with Crippen molar-refractivity contribution in [2.45, 2.75) is 27.2 Å². The lowest BCUT2D eigenvalue weighted by Crippen LogP contribution is -1.91. The third-order valence-corrected chi connectivity index (χ3v) is 4.65. The monoisotopic (exact) mass is 312 g/mol. The topological polar surface area (TPSA) is 0 Å². The summed E-state index contributed by atoms with van der Waals surface area (Å²) in [5, 5.41) is 0. The van der Waals surface area contributed by atoms with E-state index in [2.05, 4.69) is 73.1 Å². The summed E-state index contributed by atoms with van der Waals surface area (Å²) in [6.45, 7) is 6.57. The molecule has 0 bridgehead atoms. The molecule has 0 spiro atoms. The smallest absolute Gasteiger partial charge is 0.0259 e. The second-order valence-electron chi connectivity index (χ2n) is 5.45. The largest absolute Gasteiger partial charge is 0.0683 e. The number of allylic oxidation sites excluding steroid dienone is 1. The van der Waals surface area contributed by atoms with Gasteiger partial charge in [0.25, 0.3) is 0 Å². The number of halogens is 1. The summed E-state index contributed by atoms with van der Waals surface area (Å²) >= 11 is 3.74. The van der Waals surface area contributed by atoms with Crippen molar-refractivity contribution in [1.82, 2.24) is 0 Å². The van der Waals surface area contributed by atoms with Gasteiger partial charge < -0.3 is 0 Å². The minimum absolute atomic E-state index is 1.08. The van der Waals surface area contributed by atoms with Crippen molar-refractivity contribution in [2.24, 2.45) is 0 Å². The molecule has 0 radical (unpaired) electrons. The van der Waals surface area contributed by atoms with Crippen LogP contribution in [0.5, 0.6) is 0 Å². The number of hydrogen-bond acceptors (Lipinski definition) is 0. The van der Waals surface area contributed by atoms with Crippen molar-refractivity contribution in [3.8, 4) is 11.1 Å². The van der Waals surface area contributed by atoms with Crippen molar-refractivity contribution in [3.63, 3.8) is 0 Å². The van der Waals surface area contributed by atoms with Crippen LogP contribution < -0.4 is 0 Å². The van der Waals surface area contributed by atoms with E-state index in [4.69, 9.17) is 0 Å². The van der Waals surface area contributed by atoms with Crippen molar-refractivity contribution >= 4 is 22.0 Å². The van der Waals surface area contributed by atoms with E-state index in [1.54, 1.807) is 0 Å². The fourth-order valence-corrected chi connectivity index (χ4v) is 3.36. The zero-order valence-corrected chi connectivity index (χ0v) is 13.1. The highest BCUT2D eigenvalue weighted by Gasteiger charge is 2.15. The molecule has 2 aromatic carbocycles. The molecule has 1 aliphatic carbocycles. The van der Waals surface area contributed by atoms with Crippen LogP contribution in [0.25, 0.3) is 17.2 Å². The Bertz CT molecular complexity index is 693. The Hall–Kier alpha value is -1.34. The molecule has 0 unspecified atom stereocenters. The van der Waals surface area contributed by atoms with Crippen molar-refractivity contribution in [2.75, 3.05) is 0 Å². The second-order valence-corrected chi connectivity index (χ2v) is 6.30. The predicted molar refractivity (Wildman–Crippen MR) is 86.4 cm³/mol. The number of rotatable bonds is 1. The Kier molecular flexibility index (Phi) is 3.10. The lowest BCUT2D eigenvalue weighted by Gasteiger charge is -2.13. The van der Waals surface area contributed by atoms with Gasteiger partial charge in [-0.2, -0.15) is 0 Å². The quantitative estimate of drug-likeness (QED) is 0.634. The van der Waals surface area contributed by atoms with Gasteiger partial charge in [-0.3, -0.25) is 0 Å². The lowest BCUT2D eigenvalue weighted by atomic mass is 9.94. The van der Waals surface area contributed by atoms with Crippen molar-refractivity contribution < 1.29 is 0 Å². The van der Waals surface area contributed by atoms with Gasteiger partial charge >= 0.3 is 0 Å². The maximum Gasteiger partial charge on any atom is 0.0259 e. The molecular weight excluding hydrogens is 296 g/mol. The third kappa shape index (κ3) is 2.17. The molecule has 0 nitrogen and oxygen atoms in total. The summed E-state index contributed by atoms with van der Waals surface area (Å²) in [4.78, 5) is 0. The first-order chi connectivity index (χ1) is 9.06. The van der Waals surface area contributed by atoms with Gasteiger partial charge in [0.1, 0.15) is 0 Å². The molecule has 0 aliphatic heterocycles. The highest BCUT2D eigenvalue weighted by Crippen LogP contribution is 2.37. The minimum atomic E-state index is 1.08. The SMILES string of the molecule is CC1=Cc2cc(Br)c(-c3cccc(C)c3C)cc2C1. The van der Waals surface area contributed by atoms with Crippen LogP contribution in [-0.4, -0.2) is 0 Å². The Balaban J connectivity index is 2.18. The first-order valence-corrected chi connectivity index (χ1v) is 7.42. The Morgan fingerprint density at radius 2 is 1.79 bits per heavy atom. The maximum absolute atomic E-state index is 3.74. The highest BCUT2D eigenvalue weighted by molar-refractivity contribution is 9.10. The maximum atomic E-state index is 3.74. The van der Waals surface area contributed by atoms with Crippen LogP contribution >= 0.6 is 15.9 Å². The van der Waals surface area contributed by atoms with Crippen LogP contribution in [0.1, 0.15) is 29.2 Å². The Morgan fingerprint density at radius 3 is 2.58 bits per heavy atom. The number of aryl methyl sites for hydroxylation is 1. The molecule has 1 heteroatoms. The van der Waals surface area contributed by atoms with E-state index in [9.17, 15) is 0 Å². The first kappa shape index (κ1) is 12.7. The molecule has 2 aromatic rings.